The van der Waals surface area contributed by atoms with Crippen molar-refractivity contribution in [2.24, 2.45) is 11.5 Å². The van der Waals surface area contributed by atoms with Crippen molar-refractivity contribution < 1.29 is 19.1 Å². The summed E-state index contributed by atoms with van der Waals surface area (Å²) in [5.41, 5.74) is 10.3. The van der Waals surface area contributed by atoms with Gasteiger partial charge in [0.2, 0.25) is 5.91 Å². The van der Waals surface area contributed by atoms with Crippen molar-refractivity contribution in [2.45, 2.75) is 30.2 Å². The molecular weight excluding hydrogens is 282 g/mol. The summed E-state index contributed by atoms with van der Waals surface area (Å²) in [6.45, 7) is 2.97. The van der Waals surface area contributed by atoms with E-state index in [9.17, 15) is 14.4 Å². The molecular formula is C12H15N3O4S. The minimum atomic E-state index is -1.05. The van der Waals surface area contributed by atoms with Crippen molar-refractivity contribution in [3.63, 3.8) is 0 Å². The highest BCUT2D eigenvalue weighted by Gasteiger charge is 2.21. The first kappa shape index (κ1) is 16.0. The van der Waals surface area contributed by atoms with Crippen LogP contribution >= 0.6 is 11.8 Å². The fourth-order valence-electron chi connectivity index (χ4n) is 1.15. The molecule has 1 rings (SSSR count). The second-order valence-electron chi connectivity index (χ2n) is 3.97. The van der Waals surface area contributed by atoms with Gasteiger partial charge in [0, 0.05) is 6.20 Å². The summed E-state index contributed by atoms with van der Waals surface area (Å²) in [7, 11) is 0. The average Bonchev–Trinajstić information content (AvgIpc) is 2.38. The molecule has 0 aliphatic rings. The largest absolute Gasteiger partial charge is 0.449 e. The molecule has 1 heterocycles. The van der Waals surface area contributed by atoms with Gasteiger partial charge in [0.05, 0.1) is 10.8 Å². The first-order valence-corrected chi connectivity index (χ1v) is 6.62. The van der Waals surface area contributed by atoms with Crippen LogP contribution in [0.1, 0.15) is 24.2 Å². The molecule has 0 fully saturated rings. The summed E-state index contributed by atoms with van der Waals surface area (Å²) in [4.78, 5) is 37.9. The Hall–Kier alpha value is -2.09. The number of aromatic nitrogens is 1. The van der Waals surface area contributed by atoms with Gasteiger partial charge in [-0.3, -0.25) is 9.59 Å². The molecule has 0 saturated heterocycles. The predicted octanol–water partition coefficient (Wildman–Crippen LogP) is 0.0781. The molecule has 0 aromatic carbocycles. The number of nitrogens with zero attached hydrogens (tertiary/aromatic N) is 1. The normalized spacial score (nSPS) is 13.3. The molecule has 1 aromatic heterocycles. The van der Waals surface area contributed by atoms with Gasteiger partial charge in [0.1, 0.15) is 5.03 Å². The molecule has 8 heteroatoms. The Morgan fingerprint density at radius 3 is 2.45 bits per heavy atom. The van der Waals surface area contributed by atoms with Crippen LogP contribution in [0.5, 0.6) is 0 Å². The second-order valence-corrected chi connectivity index (χ2v) is 5.30. The summed E-state index contributed by atoms with van der Waals surface area (Å²) in [5.74, 6) is -2.00. The van der Waals surface area contributed by atoms with Crippen LogP contribution in [-0.4, -0.2) is 34.1 Å². The highest BCUT2D eigenvalue weighted by atomic mass is 32.2. The third kappa shape index (κ3) is 4.23. The first-order valence-electron chi connectivity index (χ1n) is 5.74. The van der Waals surface area contributed by atoms with Crippen molar-refractivity contribution >= 4 is 29.5 Å². The molecule has 7 nitrogen and oxygen atoms in total. The second kappa shape index (κ2) is 6.90. The molecule has 0 aliphatic carbocycles. The van der Waals surface area contributed by atoms with Crippen LogP contribution in [0.25, 0.3) is 0 Å². The number of nitrogens with two attached hydrogens (primary N) is 2. The number of ether oxygens (including phenoxy) is 1. The Balaban J connectivity index is 2.92. The van der Waals surface area contributed by atoms with Gasteiger partial charge in [-0.2, -0.15) is 0 Å². The van der Waals surface area contributed by atoms with Gasteiger partial charge in [0.15, 0.2) is 6.10 Å². The summed E-state index contributed by atoms with van der Waals surface area (Å²) in [5, 5.41) is -0.245. The highest BCUT2D eigenvalue weighted by molar-refractivity contribution is 8.00. The number of thioether (sulfide) groups is 1. The molecule has 2 atom stereocenters. The van der Waals surface area contributed by atoms with Gasteiger partial charge in [-0.05, 0) is 26.0 Å². The predicted molar refractivity (Wildman–Crippen MR) is 72.8 cm³/mol. The standard InChI is InChI=1S/C12H15N3O4S/c1-6(9(13)16)19-12(18)8-4-3-5-15-11(8)20-7(2)10(14)17/h3-7H,1-2H3,(H2,13,16)(H2,14,17). The van der Waals surface area contributed by atoms with E-state index in [-0.39, 0.29) is 5.56 Å². The van der Waals surface area contributed by atoms with Crippen LogP contribution in [-0.2, 0) is 14.3 Å². The number of esters is 1. The lowest BCUT2D eigenvalue weighted by molar-refractivity contribution is -0.125. The Bertz CT molecular complexity index is 535. The molecule has 4 N–H and O–H groups in total. The Morgan fingerprint density at radius 1 is 1.25 bits per heavy atom. The maximum absolute atomic E-state index is 11.9. The maximum atomic E-state index is 11.9. The minimum absolute atomic E-state index is 0.152. The lowest BCUT2D eigenvalue weighted by Gasteiger charge is -2.12. The van der Waals surface area contributed by atoms with Crippen LogP contribution in [0.4, 0.5) is 0 Å². The van der Waals surface area contributed by atoms with E-state index in [0.717, 1.165) is 11.8 Å². The zero-order valence-corrected chi connectivity index (χ0v) is 11.8. The number of carbonyl (C=O) groups is 3. The van der Waals surface area contributed by atoms with Gasteiger partial charge < -0.3 is 16.2 Å². The first-order chi connectivity index (χ1) is 9.32. The van der Waals surface area contributed by atoms with E-state index in [1.54, 1.807) is 13.0 Å². The monoisotopic (exact) mass is 297 g/mol. The van der Waals surface area contributed by atoms with E-state index in [4.69, 9.17) is 16.2 Å². The quantitative estimate of drug-likeness (QED) is 0.565. The third-order valence-corrected chi connectivity index (χ3v) is 3.50. The molecule has 20 heavy (non-hydrogen) atoms. The van der Waals surface area contributed by atoms with E-state index < -0.39 is 29.1 Å². The van der Waals surface area contributed by atoms with Crippen molar-refractivity contribution in [1.82, 2.24) is 4.98 Å². The summed E-state index contributed by atoms with van der Waals surface area (Å²) < 4.78 is 4.90. The van der Waals surface area contributed by atoms with Gasteiger partial charge in [0.25, 0.3) is 5.91 Å². The SMILES string of the molecule is CC(OC(=O)c1cccnc1SC(C)C(N)=O)C(N)=O. The summed E-state index contributed by atoms with van der Waals surface area (Å²) in [6, 6.07) is 3.03. The van der Waals surface area contributed by atoms with Crippen LogP contribution in [0, 0.1) is 0 Å². The lowest BCUT2D eigenvalue weighted by Crippen LogP contribution is -2.30. The number of carbonyl (C=O) groups excluding carboxylic acids is 3. The molecule has 1 aromatic rings. The van der Waals surface area contributed by atoms with Crippen LogP contribution < -0.4 is 11.5 Å². The number of primary amides is 2. The Kier molecular flexibility index (Phi) is 5.51. The summed E-state index contributed by atoms with van der Waals surface area (Å²) in [6.07, 6.45) is 0.429. The lowest BCUT2D eigenvalue weighted by atomic mass is 10.3. The Labute approximate surface area is 120 Å². The van der Waals surface area contributed by atoms with Crippen LogP contribution in [0.3, 0.4) is 0 Å². The number of hydrogen-bond donors (Lipinski definition) is 2. The van der Waals surface area contributed by atoms with E-state index >= 15 is 0 Å². The van der Waals surface area contributed by atoms with Crippen LogP contribution in [0.15, 0.2) is 23.4 Å². The maximum Gasteiger partial charge on any atom is 0.341 e. The van der Waals surface area contributed by atoms with Gasteiger partial charge in [-0.1, -0.05) is 11.8 Å². The average molecular weight is 297 g/mol. The number of pyridine rings is 1. The van der Waals surface area contributed by atoms with E-state index in [0.29, 0.717) is 5.03 Å². The molecule has 0 bridgehead atoms. The molecule has 0 radical (unpaired) electrons. The molecule has 0 spiro atoms. The van der Waals surface area contributed by atoms with E-state index in [2.05, 4.69) is 4.98 Å². The molecule has 0 aliphatic heterocycles. The fraction of sp³-hybridized carbons (Fsp3) is 0.333. The molecule has 2 amide bonds. The highest BCUT2D eigenvalue weighted by Crippen LogP contribution is 2.25. The van der Waals surface area contributed by atoms with Crippen molar-refractivity contribution in [3.8, 4) is 0 Å². The van der Waals surface area contributed by atoms with Crippen molar-refractivity contribution in [1.29, 1.82) is 0 Å². The summed E-state index contributed by atoms with van der Waals surface area (Å²) >= 11 is 1.04. The number of hydrogen-bond acceptors (Lipinski definition) is 6. The third-order valence-electron chi connectivity index (χ3n) is 2.36. The van der Waals surface area contributed by atoms with E-state index in [1.165, 1.54) is 19.2 Å². The van der Waals surface area contributed by atoms with Crippen LogP contribution in [0.2, 0.25) is 0 Å². The zero-order valence-electron chi connectivity index (χ0n) is 11.0. The van der Waals surface area contributed by atoms with Gasteiger partial charge >= 0.3 is 5.97 Å². The van der Waals surface area contributed by atoms with Gasteiger partial charge in [-0.15, -0.1) is 0 Å². The molecule has 0 saturated carbocycles. The zero-order chi connectivity index (χ0) is 15.3. The number of rotatable bonds is 6. The van der Waals surface area contributed by atoms with Gasteiger partial charge in [-0.25, -0.2) is 9.78 Å². The smallest absolute Gasteiger partial charge is 0.341 e. The van der Waals surface area contributed by atoms with Crippen molar-refractivity contribution in [2.75, 3.05) is 0 Å². The molecule has 108 valence electrons. The van der Waals surface area contributed by atoms with E-state index in [1.807, 2.05) is 0 Å². The number of amides is 2. The fourth-order valence-corrected chi connectivity index (χ4v) is 2.00. The topological polar surface area (TPSA) is 125 Å². The molecule has 2 unspecified atom stereocenters. The minimum Gasteiger partial charge on any atom is -0.449 e. The van der Waals surface area contributed by atoms with Crippen molar-refractivity contribution in [3.05, 3.63) is 23.9 Å². The Morgan fingerprint density at radius 2 is 1.90 bits per heavy atom.